The molecule has 0 aliphatic heterocycles. The predicted octanol–water partition coefficient (Wildman–Crippen LogP) is 4.98. The molecule has 0 nitrogen and oxygen atoms in total. The molecule has 0 bridgehead atoms. The summed E-state index contributed by atoms with van der Waals surface area (Å²) >= 11 is 3.79. The molecule has 1 heteroatoms. The van der Waals surface area contributed by atoms with Gasteiger partial charge in [0, 0.05) is 4.83 Å². The maximum atomic E-state index is 3.79. The molecule has 17 heavy (non-hydrogen) atoms. The van der Waals surface area contributed by atoms with Gasteiger partial charge in [-0.3, -0.25) is 0 Å². The van der Waals surface area contributed by atoms with E-state index in [1.54, 1.807) is 0 Å². The normalized spacial score (nSPS) is 12.4. The third-order valence-corrected chi connectivity index (χ3v) is 3.88. The minimum atomic E-state index is 0.395. The van der Waals surface area contributed by atoms with Gasteiger partial charge in [0.05, 0.1) is 0 Å². The van der Waals surface area contributed by atoms with Gasteiger partial charge in [-0.25, -0.2) is 0 Å². The van der Waals surface area contributed by atoms with Crippen molar-refractivity contribution >= 4 is 15.9 Å². The molecule has 2 aromatic carbocycles. The number of benzene rings is 2. The van der Waals surface area contributed by atoms with Crippen molar-refractivity contribution in [2.24, 2.45) is 0 Å². The Morgan fingerprint density at radius 1 is 0.941 bits per heavy atom. The van der Waals surface area contributed by atoms with E-state index in [4.69, 9.17) is 0 Å². The van der Waals surface area contributed by atoms with Crippen LogP contribution in [0.5, 0.6) is 0 Å². The standard InChI is InChI=1S/C16H17Br/c1-12-7-9-14(10-8-12)11-16(17)15-6-4-3-5-13(15)2/h3-10,16H,11H2,1-2H3. The lowest BCUT2D eigenvalue weighted by molar-refractivity contribution is 0.937. The highest BCUT2D eigenvalue weighted by molar-refractivity contribution is 9.09. The first-order chi connectivity index (χ1) is 8.16. The van der Waals surface area contributed by atoms with Gasteiger partial charge in [-0.2, -0.15) is 0 Å². The van der Waals surface area contributed by atoms with Crippen molar-refractivity contribution in [3.63, 3.8) is 0 Å². The molecule has 2 aromatic rings. The minimum absolute atomic E-state index is 0.395. The summed E-state index contributed by atoms with van der Waals surface area (Å²) in [6, 6.07) is 17.3. The van der Waals surface area contributed by atoms with Crippen molar-refractivity contribution in [2.75, 3.05) is 0 Å². The van der Waals surface area contributed by atoms with E-state index in [1.165, 1.54) is 22.3 Å². The first kappa shape index (κ1) is 12.4. The molecular formula is C16H17Br. The fourth-order valence-electron chi connectivity index (χ4n) is 1.98. The fourth-order valence-corrected chi connectivity index (χ4v) is 2.87. The van der Waals surface area contributed by atoms with Crippen molar-refractivity contribution in [3.05, 3.63) is 70.8 Å². The number of halogens is 1. The first-order valence-electron chi connectivity index (χ1n) is 5.92. The number of alkyl halides is 1. The van der Waals surface area contributed by atoms with E-state index in [0.29, 0.717) is 4.83 Å². The van der Waals surface area contributed by atoms with E-state index in [1.807, 2.05) is 0 Å². The van der Waals surface area contributed by atoms with Gasteiger partial charge in [0.15, 0.2) is 0 Å². The van der Waals surface area contributed by atoms with Gasteiger partial charge in [-0.05, 0) is 37.0 Å². The highest BCUT2D eigenvalue weighted by Gasteiger charge is 2.10. The molecule has 0 heterocycles. The van der Waals surface area contributed by atoms with Crippen molar-refractivity contribution < 1.29 is 0 Å². The largest absolute Gasteiger partial charge is 0.0835 e. The number of hydrogen-bond donors (Lipinski definition) is 0. The van der Waals surface area contributed by atoms with Crippen LogP contribution in [-0.4, -0.2) is 0 Å². The predicted molar refractivity (Wildman–Crippen MR) is 77.7 cm³/mol. The molecule has 0 N–H and O–H groups in total. The third kappa shape index (κ3) is 3.19. The first-order valence-corrected chi connectivity index (χ1v) is 6.83. The summed E-state index contributed by atoms with van der Waals surface area (Å²) in [6.45, 7) is 4.29. The van der Waals surface area contributed by atoms with E-state index in [9.17, 15) is 0 Å². The Balaban J connectivity index is 2.14. The average Bonchev–Trinajstić information content (AvgIpc) is 2.32. The SMILES string of the molecule is Cc1ccc(CC(Br)c2ccccc2C)cc1. The van der Waals surface area contributed by atoms with Gasteiger partial charge >= 0.3 is 0 Å². The van der Waals surface area contributed by atoms with Crippen LogP contribution < -0.4 is 0 Å². The lowest BCUT2D eigenvalue weighted by atomic mass is 10.00. The Kier molecular flexibility index (Phi) is 4.01. The smallest absolute Gasteiger partial charge is 0.0438 e. The minimum Gasteiger partial charge on any atom is -0.0835 e. The molecule has 1 unspecified atom stereocenters. The van der Waals surface area contributed by atoms with Crippen molar-refractivity contribution in [3.8, 4) is 0 Å². The average molecular weight is 289 g/mol. The quantitative estimate of drug-likeness (QED) is 0.699. The Hall–Kier alpha value is -1.08. The molecule has 2 rings (SSSR count). The second-order valence-corrected chi connectivity index (χ2v) is 5.62. The third-order valence-electron chi connectivity index (χ3n) is 3.06. The number of rotatable bonds is 3. The van der Waals surface area contributed by atoms with Crippen LogP contribution >= 0.6 is 15.9 Å². The number of aryl methyl sites for hydroxylation is 2. The summed E-state index contributed by atoms with van der Waals surface area (Å²) in [6.07, 6.45) is 1.03. The van der Waals surface area contributed by atoms with Crippen LogP contribution in [0.15, 0.2) is 48.5 Å². The van der Waals surface area contributed by atoms with Crippen molar-refractivity contribution in [1.29, 1.82) is 0 Å². The fraction of sp³-hybridized carbons (Fsp3) is 0.250. The second kappa shape index (κ2) is 5.50. The zero-order valence-electron chi connectivity index (χ0n) is 10.3. The highest BCUT2D eigenvalue weighted by atomic mass is 79.9. The zero-order valence-corrected chi connectivity index (χ0v) is 11.9. The lowest BCUT2D eigenvalue weighted by Gasteiger charge is -2.13. The molecule has 0 amide bonds. The Morgan fingerprint density at radius 2 is 1.59 bits per heavy atom. The lowest BCUT2D eigenvalue weighted by Crippen LogP contribution is -1.97. The van der Waals surface area contributed by atoms with E-state index < -0.39 is 0 Å². The van der Waals surface area contributed by atoms with Crippen LogP contribution in [0.2, 0.25) is 0 Å². The molecular weight excluding hydrogens is 272 g/mol. The maximum Gasteiger partial charge on any atom is 0.0438 e. The van der Waals surface area contributed by atoms with Crippen LogP contribution in [0.1, 0.15) is 27.1 Å². The summed E-state index contributed by atoms with van der Waals surface area (Å²) in [4.78, 5) is 0.395. The van der Waals surface area contributed by atoms with Crippen LogP contribution in [0.25, 0.3) is 0 Å². The van der Waals surface area contributed by atoms with Gasteiger partial charge in [0.1, 0.15) is 0 Å². The molecule has 0 saturated carbocycles. The molecule has 0 radical (unpaired) electrons. The molecule has 0 aromatic heterocycles. The van der Waals surface area contributed by atoms with Gasteiger partial charge < -0.3 is 0 Å². The zero-order chi connectivity index (χ0) is 12.3. The highest BCUT2D eigenvalue weighted by Crippen LogP contribution is 2.29. The molecule has 0 aliphatic rings. The maximum absolute atomic E-state index is 3.79. The van der Waals surface area contributed by atoms with Gasteiger partial charge in [0.2, 0.25) is 0 Å². The topological polar surface area (TPSA) is 0 Å². The van der Waals surface area contributed by atoms with Crippen LogP contribution in [-0.2, 0) is 6.42 Å². The van der Waals surface area contributed by atoms with Crippen LogP contribution in [0, 0.1) is 13.8 Å². The molecule has 0 spiro atoms. The Labute approximate surface area is 112 Å². The molecule has 0 saturated heterocycles. The van der Waals surface area contributed by atoms with Crippen molar-refractivity contribution in [1.82, 2.24) is 0 Å². The van der Waals surface area contributed by atoms with Gasteiger partial charge in [-0.15, -0.1) is 0 Å². The summed E-state index contributed by atoms with van der Waals surface area (Å²) in [5.74, 6) is 0. The van der Waals surface area contributed by atoms with Crippen molar-refractivity contribution in [2.45, 2.75) is 25.1 Å². The summed E-state index contributed by atoms with van der Waals surface area (Å²) in [5, 5.41) is 0. The van der Waals surface area contributed by atoms with E-state index >= 15 is 0 Å². The van der Waals surface area contributed by atoms with E-state index in [-0.39, 0.29) is 0 Å². The summed E-state index contributed by atoms with van der Waals surface area (Å²) < 4.78 is 0. The van der Waals surface area contributed by atoms with Crippen LogP contribution in [0.3, 0.4) is 0 Å². The molecule has 0 aliphatic carbocycles. The molecule has 0 fully saturated rings. The van der Waals surface area contributed by atoms with Gasteiger partial charge in [0.25, 0.3) is 0 Å². The summed E-state index contributed by atoms with van der Waals surface area (Å²) in [5.41, 5.74) is 5.42. The molecule has 1 atom stereocenters. The second-order valence-electron chi connectivity index (χ2n) is 4.51. The Bertz CT molecular complexity index is 485. The van der Waals surface area contributed by atoms with E-state index in [2.05, 4.69) is 78.3 Å². The Morgan fingerprint density at radius 3 is 2.24 bits per heavy atom. The monoisotopic (exact) mass is 288 g/mol. The van der Waals surface area contributed by atoms with Crippen LogP contribution in [0.4, 0.5) is 0 Å². The van der Waals surface area contributed by atoms with Gasteiger partial charge in [-0.1, -0.05) is 70.0 Å². The number of hydrogen-bond acceptors (Lipinski definition) is 0. The molecule has 88 valence electrons. The summed E-state index contributed by atoms with van der Waals surface area (Å²) in [7, 11) is 0. The van der Waals surface area contributed by atoms with E-state index in [0.717, 1.165) is 6.42 Å².